The molecule has 0 aliphatic heterocycles. The summed E-state index contributed by atoms with van der Waals surface area (Å²) in [5, 5.41) is 2.83. The van der Waals surface area contributed by atoms with Crippen LogP contribution in [0.5, 0.6) is 5.75 Å². The maximum absolute atomic E-state index is 13.9. The van der Waals surface area contributed by atoms with E-state index in [9.17, 15) is 26.8 Å². The van der Waals surface area contributed by atoms with Gasteiger partial charge in [-0.3, -0.25) is 13.9 Å². The van der Waals surface area contributed by atoms with E-state index in [2.05, 4.69) is 5.32 Å². The van der Waals surface area contributed by atoms with Crippen molar-refractivity contribution in [3.63, 3.8) is 0 Å². The molecule has 0 bridgehead atoms. The van der Waals surface area contributed by atoms with Crippen molar-refractivity contribution in [2.45, 2.75) is 39.8 Å². The van der Waals surface area contributed by atoms with Crippen molar-refractivity contribution >= 4 is 27.5 Å². The Morgan fingerprint density at radius 3 is 2.19 bits per heavy atom. The van der Waals surface area contributed by atoms with Crippen LogP contribution in [0, 0.1) is 17.6 Å². The lowest BCUT2D eigenvalue weighted by molar-refractivity contribution is -0.140. The molecule has 0 saturated heterocycles. The smallest absolute Gasteiger partial charge is 0.244 e. The number of hydrogen-bond acceptors (Lipinski definition) is 5. The monoisotopic (exact) mass is 525 g/mol. The summed E-state index contributed by atoms with van der Waals surface area (Å²) in [5.74, 6) is -2.64. The normalized spacial score (nSPS) is 12.2. The van der Waals surface area contributed by atoms with Crippen molar-refractivity contribution in [3.05, 3.63) is 59.7 Å². The molecule has 198 valence electrons. The van der Waals surface area contributed by atoms with Gasteiger partial charge in [-0.05, 0) is 42.2 Å². The number of methoxy groups -OCH3 is 1. The summed E-state index contributed by atoms with van der Waals surface area (Å²) < 4.78 is 58.2. The average molecular weight is 526 g/mol. The number of nitrogens with one attached hydrogen (secondary N) is 1. The second kappa shape index (κ2) is 12.7. The van der Waals surface area contributed by atoms with Crippen LogP contribution < -0.4 is 14.4 Å². The fraction of sp³-hybridized carbons (Fsp3) is 0.440. The number of carbonyl (C=O) groups excluding carboxylic acids is 2. The summed E-state index contributed by atoms with van der Waals surface area (Å²) in [6, 6.07) is 8.59. The van der Waals surface area contributed by atoms with Crippen molar-refractivity contribution in [1.29, 1.82) is 0 Å². The van der Waals surface area contributed by atoms with Gasteiger partial charge in [-0.2, -0.15) is 0 Å². The Balaban J connectivity index is 2.43. The van der Waals surface area contributed by atoms with E-state index in [1.54, 1.807) is 31.2 Å². The van der Waals surface area contributed by atoms with Crippen LogP contribution in [0.25, 0.3) is 0 Å². The molecule has 11 heteroatoms. The molecule has 0 fully saturated rings. The first kappa shape index (κ1) is 29.0. The molecule has 36 heavy (non-hydrogen) atoms. The molecule has 0 aliphatic carbocycles. The Kier molecular flexibility index (Phi) is 10.2. The third-order valence-electron chi connectivity index (χ3n) is 5.45. The van der Waals surface area contributed by atoms with E-state index in [1.807, 2.05) is 13.8 Å². The first-order chi connectivity index (χ1) is 16.9. The lowest BCUT2D eigenvalue weighted by Crippen LogP contribution is -2.52. The van der Waals surface area contributed by atoms with Gasteiger partial charge < -0.3 is 15.0 Å². The summed E-state index contributed by atoms with van der Waals surface area (Å²) >= 11 is 0. The van der Waals surface area contributed by atoms with Crippen LogP contribution in [0.15, 0.2) is 42.5 Å². The van der Waals surface area contributed by atoms with Crippen molar-refractivity contribution in [2.75, 3.05) is 30.8 Å². The largest absolute Gasteiger partial charge is 0.497 e. The first-order valence-corrected chi connectivity index (χ1v) is 13.3. The van der Waals surface area contributed by atoms with E-state index in [1.165, 1.54) is 12.0 Å². The Bertz CT molecular complexity index is 1160. The van der Waals surface area contributed by atoms with E-state index in [4.69, 9.17) is 4.74 Å². The molecule has 1 N–H and O–H groups in total. The molecule has 0 saturated carbocycles. The Hall–Kier alpha value is -3.21. The number of hydrogen-bond donors (Lipinski definition) is 1. The minimum absolute atomic E-state index is 0.0197. The first-order valence-electron chi connectivity index (χ1n) is 11.5. The zero-order valence-corrected chi connectivity index (χ0v) is 21.9. The van der Waals surface area contributed by atoms with Gasteiger partial charge in [-0.25, -0.2) is 17.2 Å². The molecule has 1 atom stereocenters. The van der Waals surface area contributed by atoms with E-state index >= 15 is 0 Å². The summed E-state index contributed by atoms with van der Waals surface area (Å²) in [6.45, 7) is 5.35. The van der Waals surface area contributed by atoms with Gasteiger partial charge in [-0.1, -0.05) is 32.9 Å². The highest BCUT2D eigenvalue weighted by Crippen LogP contribution is 2.22. The second-order valence-electron chi connectivity index (χ2n) is 8.80. The number of rotatable bonds is 12. The third kappa shape index (κ3) is 7.91. The topological polar surface area (TPSA) is 96.0 Å². The Labute approximate surface area is 211 Å². The SMILES string of the molecule is CCC(C(=O)NCC(C)C)N(Cc1ccc(OC)cc1)C(=O)CN(c1ccc(F)c(F)c1)S(C)(=O)=O. The highest BCUT2D eigenvalue weighted by Gasteiger charge is 2.32. The molecule has 0 heterocycles. The number of sulfonamides is 1. The maximum Gasteiger partial charge on any atom is 0.244 e. The molecule has 1 unspecified atom stereocenters. The van der Waals surface area contributed by atoms with Gasteiger partial charge >= 0.3 is 0 Å². The van der Waals surface area contributed by atoms with Crippen LogP contribution in [0.2, 0.25) is 0 Å². The van der Waals surface area contributed by atoms with Crippen LogP contribution in [0.1, 0.15) is 32.8 Å². The quantitative estimate of drug-likeness (QED) is 0.459. The van der Waals surface area contributed by atoms with Crippen LogP contribution in [0.4, 0.5) is 14.5 Å². The lowest BCUT2D eigenvalue weighted by atomic mass is 10.1. The van der Waals surface area contributed by atoms with Gasteiger partial charge in [0, 0.05) is 19.2 Å². The number of halogens is 2. The Morgan fingerprint density at radius 2 is 1.69 bits per heavy atom. The second-order valence-corrected chi connectivity index (χ2v) is 10.7. The zero-order valence-electron chi connectivity index (χ0n) is 21.1. The van der Waals surface area contributed by atoms with Gasteiger partial charge in [-0.15, -0.1) is 0 Å². The standard InChI is InChI=1S/C25H33F2N3O5S/c1-6-23(25(32)28-14-17(2)3)29(15-18-7-10-20(35-4)11-8-18)24(31)16-30(36(5,33)34)19-9-12-21(26)22(27)13-19/h7-13,17,23H,6,14-16H2,1-5H3,(H,28,32). The minimum atomic E-state index is -4.05. The number of amides is 2. The van der Waals surface area contributed by atoms with Crippen molar-refractivity contribution in [3.8, 4) is 5.75 Å². The molecule has 2 aromatic rings. The molecular weight excluding hydrogens is 492 g/mol. The summed E-state index contributed by atoms with van der Waals surface area (Å²) in [7, 11) is -2.53. The zero-order chi connectivity index (χ0) is 27.0. The summed E-state index contributed by atoms with van der Waals surface area (Å²) in [5.41, 5.74) is 0.490. The third-order valence-corrected chi connectivity index (χ3v) is 6.59. The molecule has 2 aromatic carbocycles. The molecule has 2 amide bonds. The van der Waals surface area contributed by atoms with Crippen LogP contribution in [-0.4, -0.2) is 57.6 Å². The molecule has 0 spiro atoms. The van der Waals surface area contributed by atoms with Crippen molar-refractivity contribution in [1.82, 2.24) is 10.2 Å². The van der Waals surface area contributed by atoms with Crippen LogP contribution in [0.3, 0.4) is 0 Å². The molecular formula is C25H33F2N3O5S. The molecule has 0 aromatic heterocycles. The molecule has 0 aliphatic rings. The predicted octanol–water partition coefficient (Wildman–Crippen LogP) is 3.32. The van der Waals surface area contributed by atoms with E-state index in [0.29, 0.717) is 28.2 Å². The highest BCUT2D eigenvalue weighted by atomic mass is 32.2. The van der Waals surface area contributed by atoms with Gasteiger partial charge in [0.1, 0.15) is 18.3 Å². The van der Waals surface area contributed by atoms with Crippen molar-refractivity contribution in [2.24, 2.45) is 5.92 Å². The van der Waals surface area contributed by atoms with Crippen LogP contribution >= 0.6 is 0 Å². The molecule has 2 rings (SSSR count). The lowest BCUT2D eigenvalue weighted by Gasteiger charge is -2.33. The van der Waals surface area contributed by atoms with Gasteiger partial charge in [0.2, 0.25) is 21.8 Å². The van der Waals surface area contributed by atoms with Crippen LogP contribution in [-0.2, 0) is 26.2 Å². The minimum Gasteiger partial charge on any atom is -0.497 e. The Morgan fingerprint density at radius 1 is 1.06 bits per heavy atom. The van der Waals surface area contributed by atoms with E-state index < -0.39 is 40.2 Å². The maximum atomic E-state index is 13.9. The number of anilines is 1. The number of benzene rings is 2. The van der Waals surface area contributed by atoms with Crippen molar-refractivity contribution < 1.29 is 31.5 Å². The predicted molar refractivity (Wildman–Crippen MR) is 134 cm³/mol. The fourth-order valence-corrected chi connectivity index (χ4v) is 4.37. The van der Waals surface area contributed by atoms with Gasteiger partial charge in [0.25, 0.3) is 0 Å². The molecule has 0 radical (unpaired) electrons. The fourth-order valence-electron chi connectivity index (χ4n) is 3.52. The van der Waals surface area contributed by atoms with Gasteiger partial charge in [0.15, 0.2) is 11.6 Å². The number of carbonyl (C=O) groups is 2. The number of nitrogens with zero attached hydrogens (tertiary/aromatic N) is 2. The molecule has 8 nitrogen and oxygen atoms in total. The van der Waals surface area contributed by atoms with E-state index in [-0.39, 0.29) is 30.5 Å². The van der Waals surface area contributed by atoms with Gasteiger partial charge in [0.05, 0.1) is 19.1 Å². The van der Waals surface area contributed by atoms with E-state index in [0.717, 1.165) is 18.4 Å². The summed E-state index contributed by atoms with van der Waals surface area (Å²) in [4.78, 5) is 27.8. The average Bonchev–Trinajstić information content (AvgIpc) is 2.82. The number of ether oxygens (including phenoxy) is 1. The highest BCUT2D eigenvalue weighted by molar-refractivity contribution is 7.92. The summed E-state index contributed by atoms with van der Waals surface area (Å²) in [6.07, 6.45) is 1.14.